The first-order valence-electron chi connectivity index (χ1n) is 13.3. The Kier molecular flexibility index (Phi) is 10.6. The number of benzene rings is 1. The lowest BCUT2D eigenvalue weighted by Gasteiger charge is -2.36. The summed E-state index contributed by atoms with van der Waals surface area (Å²) >= 11 is 2.07. The second-order valence-corrected chi connectivity index (χ2v) is 11.2. The normalized spacial score (nSPS) is 23.1. The molecule has 3 rings (SSSR count). The second-order valence-electron chi connectivity index (χ2n) is 10.0. The number of amides is 2. The van der Waals surface area contributed by atoms with Crippen LogP contribution in [0, 0.1) is 21.3 Å². The Balaban J connectivity index is 1.86. The average Bonchev–Trinajstić information content (AvgIpc) is 3.12. The van der Waals surface area contributed by atoms with E-state index in [0.29, 0.717) is 41.5 Å². The van der Waals surface area contributed by atoms with Gasteiger partial charge in [-0.3, -0.25) is 14.5 Å². The van der Waals surface area contributed by atoms with Crippen LogP contribution < -0.4 is 4.74 Å². The monoisotopic (exact) mass is 625 g/mol. The maximum absolute atomic E-state index is 13.2. The van der Waals surface area contributed by atoms with E-state index in [9.17, 15) is 24.9 Å². The lowest BCUT2D eigenvalue weighted by Crippen LogP contribution is -2.39. The number of carbonyl (C=O) groups is 2. The smallest absolute Gasteiger partial charge is 0.233 e. The van der Waals surface area contributed by atoms with Crippen LogP contribution in [0.2, 0.25) is 0 Å². The highest BCUT2D eigenvalue weighted by molar-refractivity contribution is 14.1. The molecule has 0 aromatic heterocycles. The first-order valence-corrected chi connectivity index (χ1v) is 14.4. The summed E-state index contributed by atoms with van der Waals surface area (Å²) in [5, 5.41) is 32.0. The first kappa shape index (κ1) is 29.6. The largest absolute Gasteiger partial charge is 0.504 e. The molecule has 3 N–H and O–H groups in total. The fourth-order valence-corrected chi connectivity index (χ4v) is 6.53. The fourth-order valence-electron chi connectivity index (χ4n) is 5.90. The molecule has 1 aliphatic heterocycles. The Bertz CT molecular complexity index is 1060. The van der Waals surface area contributed by atoms with Gasteiger partial charge in [0, 0.05) is 12.5 Å². The van der Waals surface area contributed by atoms with E-state index in [2.05, 4.69) is 42.5 Å². The van der Waals surface area contributed by atoms with E-state index < -0.39 is 23.9 Å². The molecule has 0 spiro atoms. The molecule has 1 aromatic rings. The van der Waals surface area contributed by atoms with Gasteiger partial charge in [0.1, 0.15) is 0 Å². The second kappa shape index (κ2) is 13.2. The number of nitrogens with zero attached hydrogens (tertiary/aromatic N) is 1. The van der Waals surface area contributed by atoms with Gasteiger partial charge in [0.2, 0.25) is 11.8 Å². The van der Waals surface area contributed by atoms with Crippen molar-refractivity contribution in [2.75, 3.05) is 20.3 Å². The zero-order valence-electron chi connectivity index (χ0n) is 22.3. The predicted octanol–water partition coefficient (Wildman–Crippen LogP) is 5.06. The standard InChI is InChI=1S/C29H40INO6/c1-5-8-19-15-20-26(29(36)31(11-6-2)28(20)35)21(16-32)25(19)23(33)10-9-17(7-3)12-18-13-22(30)27(34)24(14-18)37-4/h12-14,20-21,23,26,32-34H,5-11,15-16H2,1-4H3/b17-12+/t20-,21+,23-,26-/m1/s1. The van der Waals surface area contributed by atoms with Crippen molar-refractivity contribution in [1.82, 2.24) is 4.90 Å². The molecule has 37 heavy (non-hydrogen) atoms. The van der Waals surface area contributed by atoms with E-state index in [-0.39, 0.29) is 24.2 Å². The SMILES string of the molecule is CCCC1=C([C@H](O)CC/C(=C/c2cc(I)c(O)c(OC)c2)CC)[C@H](CO)[C@@H]2C(=O)N(CCC)C(=O)[C@@H]2C1. The minimum absolute atomic E-state index is 0.118. The number of imide groups is 1. The molecule has 8 heteroatoms. The Labute approximate surface area is 233 Å². The number of methoxy groups -OCH3 is 1. The Hall–Kier alpha value is -1.91. The van der Waals surface area contributed by atoms with Crippen LogP contribution in [0.25, 0.3) is 6.08 Å². The number of ether oxygens (including phenoxy) is 1. The van der Waals surface area contributed by atoms with Crippen LogP contribution in [0.15, 0.2) is 28.9 Å². The fraction of sp³-hybridized carbons (Fsp3) is 0.586. The molecule has 0 radical (unpaired) electrons. The number of phenols is 1. The van der Waals surface area contributed by atoms with Crippen molar-refractivity contribution in [3.05, 3.63) is 38.0 Å². The highest BCUT2D eigenvalue weighted by atomic mass is 127. The Morgan fingerprint density at radius 3 is 2.54 bits per heavy atom. The van der Waals surface area contributed by atoms with E-state index >= 15 is 0 Å². The number of phenolic OH excluding ortho intramolecular Hbond substituents is 1. The molecular weight excluding hydrogens is 585 g/mol. The summed E-state index contributed by atoms with van der Waals surface area (Å²) in [6.07, 6.45) is 5.93. The minimum Gasteiger partial charge on any atom is -0.504 e. The molecule has 7 nitrogen and oxygen atoms in total. The predicted molar refractivity (Wildman–Crippen MR) is 152 cm³/mol. The van der Waals surface area contributed by atoms with Crippen LogP contribution in [-0.4, -0.2) is 58.4 Å². The minimum atomic E-state index is -0.799. The van der Waals surface area contributed by atoms with Crippen LogP contribution in [0.1, 0.15) is 71.3 Å². The summed E-state index contributed by atoms with van der Waals surface area (Å²) in [5.41, 5.74) is 3.84. The molecule has 1 heterocycles. The molecule has 1 fully saturated rings. The molecule has 1 saturated heterocycles. The molecule has 4 atom stereocenters. The van der Waals surface area contributed by atoms with Crippen LogP contribution in [0.4, 0.5) is 0 Å². The number of aliphatic hydroxyl groups excluding tert-OH is 2. The highest BCUT2D eigenvalue weighted by Gasteiger charge is 2.54. The van der Waals surface area contributed by atoms with Crippen molar-refractivity contribution in [2.24, 2.45) is 17.8 Å². The van der Waals surface area contributed by atoms with Crippen LogP contribution in [0.3, 0.4) is 0 Å². The van der Waals surface area contributed by atoms with Crippen molar-refractivity contribution in [3.63, 3.8) is 0 Å². The van der Waals surface area contributed by atoms with Gasteiger partial charge in [-0.25, -0.2) is 0 Å². The zero-order valence-corrected chi connectivity index (χ0v) is 24.5. The third kappa shape index (κ3) is 6.23. The van der Waals surface area contributed by atoms with Crippen molar-refractivity contribution < 1.29 is 29.6 Å². The van der Waals surface area contributed by atoms with E-state index in [0.717, 1.165) is 41.5 Å². The number of likely N-dealkylation sites (tertiary alicyclic amines) is 1. The highest BCUT2D eigenvalue weighted by Crippen LogP contribution is 2.47. The summed E-state index contributed by atoms with van der Waals surface area (Å²) < 4.78 is 5.98. The van der Waals surface area contributed by atoms with E-state index in [4.69, 9.17) is 4.74 Å². The number of hydrogen-bond donors (Lipinski definition) is 3. The summed E-state index contributed by atoms with van der Waals surface area (Å²) in [7, 11) is 1.52. The first-order chi connectivity index (χ1) is 17.7. The third-order valence-electron chi connectivity index (χ3n) is 7.66. The summed E-state index contributed by atoms with van der Waals surface area (Å²) in [6, 6.07) is 3.68. The van der Waals surface area contributed by atoms with Crippen molar-refractivity contribution >= 4 is 40.5 Å². The Morgan fingerprint density at radius 1 is 1.22 bits per heavy atom. The van der Waals surface area contributed by atoms with Gasteiger partial charge < -0.3 is 20.1 Å². The molecule has 1 aliphatic carbocycles. The molecule has 2 amide bonds. The van der Waals surface area contributed by atoms with Gasteiger partial charge in [-0.1, -0.05) is 44.4 Å². The third-order valence-corrected chi connectivity index (χ3v) is 8.49. The molecule has 0 bridgehead atoms. The van der Waals surface area contributed by atoms with Crippen LogP contribution >= 0.6 is 22.6 Å². The number of aromatic hydroxyl groups is 1. The van der Waals surface area contributed by atoms with Crippen molar-refractivity contribution in [2.45, 2.75) is 71.8 Å². The van der Waals surface area contributed by atoms with Crippen LogP contribution in [-0.2, 0) is 9.59 Å². The lowest BCUT2D eigenvalue weighted by atomic mass is 9.67. The zero-order chi connectivity index (χ0) is 27.3. The Morgan fingerprint density at radius 2 is 1.95 bits per heavy atom. The number of fused-ring (bicyclic) bond motifs is 1. The number of carbonyl (C=O) groups excluding carboxylic acids is 2. The molecule has 0 unspecified atom stereocenters. The van der Waals surface area contributed by atoms with Gasteiger partial charge >= 0.3 is 0 Å². The van der Waals surface area contributed by atoms with Gasteiger partial charge in [0.25, 0.3) is 0 Å². The van der Waals surface area contributed by atoms with Gasteiger partial charge in [-0.2, -0.15) is 0 Å². The molecule has 2 aliphatic rings. The number of aliphatic hydroxyl groups is 2. The quantitative estimate of drug-likeness (QED) is 0.170. The number of halogens is 1. The van der Waals surface area contributed by atoms with Gasteiger partial charge in [-0.05, 0) is 84.4 Å². The molecule has 0 saturated carbocycles. The van der Waals surface area contributed by atoms with E-state index in [1.807, 2.05) is 13.0 Å². The van der Waals surface area contributed by atoms with Crippen molar-refractivity contribution in [1.29, 1.82) is 0 Å². The van der Waals surface area contributed by atoms with Gasteiger partial charge in [0.15, 0.2) is 11.5 Å². The number of hydrogen-bond acceptors (Lipinski definition) is 6. The summed E-state index contributed by atoms with van der Waals surface area (Å²) in [6.45, 7) is 6.20. The average molecular weight is 626 g/mol. The maximum atomic E-state index is 13.2. The number of allylic oxidation sites excluding steroid dienone is 2. The van der Waals surface area contributed by atoms with E-state index in [1.165, 1.54) is 12.0 Å². The van der Waals surface area contributed by atoms with Gasteiger partial charge in [0.05, 0.1) is 35.2 Å². The van der Waals surface area contributed by atoms with Crippen LogP contribution in [0.5, 0.6) is 11.5 Å². The molecule has 1 aromatic carbocycles. The van der Waals surface area contributed by atoms with Crippen molar-refractivity contribution in [3.8, 4) is 11.5 Å². The topological polar surface area (TPSA) is 107 Å². The number of rotatable bonds is 12. The van der Waals surface area contributed by atoms with E-state index in [1.54, 1.807) is 6.07 Å². The molecule has 204 valence electrons. The lowest BCUT2D eigenvalue weighted by molar-refractivity contribution is -0.140. The van der Waals surface area contributed by atoms with Gasteiger partial charge in [-0.15, -0.1) is 0 Å². The maximum Gasteiger partial charge on any atom is 0.233 e. The summed E-state index contributed by atoms with van der Waals surface area (Å²) in [5.74, 6) is -1.38. The molecular formula is C29H40INO6. The summed E-state index contributed by atoms with van der Waals surface area (Å²) in [4.78, 5) is 27.6.